The summed E-state index contributed by atoms with van der Waals surface area (Å²) in [4.78, 5) is 0.501. The number of benzene rings is 1. The molecule has 2 saturated carbocycles. The number of alkyl halides is 1. The van der Waals surface area contributed by atoms with Crippen molar-refractivity contribution >= 4 is 15.9 Å². The Balaban J connectivity index is 1.67. The molecule has 104 valence electrons. The average Bonchev–Trinajstić information content (AvgIpc) is 3.00. The van der Waals surface area contributed by atoms with E-state index in [0.717, 1.165) is 23.5 Å². The minimum Gasteiger partial charge on any atom is -0.496 e. The molecule has 0 N–H and O–H groups in total. The summed E-state index contributed by atoms with van der Waals surface area (Å²) in [6.45, 7) is 2.12. The average molecular weight is 323 g/mol. The molecule has 0 radical (unpaired) electrons. The van der Waals surface area contributed by atoms with E-state index in [4.69, 9.17) is 4.74 Å². The lowest BCUT2D eigenvalue weighted by molar-refractivity contribution is 0.314. The second-order valence-corrected chi connectivity index (χ2v) is 7.47. The van der Waals surface area contributed by atoms with Gasteiger partial charge < -0.3 is 4.74 Å². The van der Waals surface area contributed by atoms with E-state index in [1.165, 1.54) is 43.2 Å². The van der Waals surface area contributed by atoms with E-state index in [2.05, 4.69) is 41.1 Å². The van der Waals surface area contributed by atoms with Crippen molar-refractivity contribution in [2.75, 3.05) is 7.11 Å². The van der Waals surface area contributed by atoms with Gasteiger partial charge >= 0.3 is 0 Å². The first kappa shape index (κ1) is 13.5. The molecule has 19 heavy (non-hydrogen) atoms. The lowest BCUT2D eigenvalue weighted by Gasteiger charge is -2.24. The van der Waals surface area contributed by atoms with Crippen LogP contribution >= 0.6 is 15.9 Å². The molecule has 2 fully saturated rings. The highest BCUT2D eigenvalue weighted by Crippen LogP contribution is 2.52. The molecule has 2 aliphatic carbocycles. The van der Waals surface area contributed by atoms with Crippen LogP contribution in [0.1, 0.15) is 48.1 Å². The molecule has 2 bridgehead atoms. The van der Waals surface area contributed by atoms with E-state index in [1.807, 2.05) is 0 Å². The number of halogens is 1. The third-order valence-corrected chi connectivity index (χ3v) is 6.08. The molecular formula is C17H23BrO. The highest BCUT2D eigenvalue weighted by atomic mass is 79.9. The van der Waals surface area contributed by atoms with Crippen LogP contribution in [-0.2, 0) is 0 Å². The molecule has 0 amide bonds. The van der Waals surface area contributed by atoms with Gasteiger partial charge in [-0.05, 0) is 67.6 Å². The van der Waals surface area contributed by atoms with Crippen molar-refractivity contribution in [2.45, 2.75) is 43.9 Å². The molecule has 1 nitrogen and oxygen atoms in total. The first-order chi connectivity index (χ1) is 9.17. The number of methoxy groups -OCH3 is 1. The van der Waals surface area contributed by atoms with Crippen LogP contribution in [0.2, 0.25) is 0 Å². The van der Waals surface area contributed by atoms with Gasteiger partial charge in [-0.15, -0.1) is 0 Å². The molecule has 2 aliphatic rings. The Kier molecular flexibility index (Phi) is 3.88. The Hall–Kier alpha value is -0.500. The lowest BCUT2D eigenvalue weighted by Crippen LogP contribution is -2.12. The van der Waals surface area contributed by atoms with Gasteiger partial charge in [0.1, 0.15) is 5.75 Å². The number of hydrogen-bond acceptors (Lipinski definition) is 1. The molecule has 1 aromatic rings. The van der Waals surface area contributed by atoms with Crippen molar-refractivity contribution in [2.24, 2.45) is 17.8 Å². The van der Waals surface area contributed by atoms with Crippen LogP contribution in [0, 0.1) is 24.7 Å². The summed E-state index contributed by atoms with van der Waals surface area (Å²) in [5.41, 5.74) is 2.64. The van der Waals surface area contributed by atoms with Gasteiger partial charge in [-0.3, -0.25) is 0 Å². The molecule has 4 unspecified atom stereocenters. The van der Waals surface area contributed by atoms with Crippen LogP contribution < -0.4 is 4.74 Å². The summed E-state index contributed by atoms with van der Waals surface area (Å²) in [5.74, 6) is 4.01. The fourth-order valence-corrected chi connectivity index (χ4v) is 4.93. The number of aryl methyl sites for hydroxylation is 1. The minimum atomic E-state index is 0.501. The molecule has 0 aliphatic heterocycles. The van der Waals surface area contributed by atoms with E-state index in [1.54, 1.807) is 7.11 Å². The molecule has 1 aromatic carbocycles. The fraction of sp³-hybridized carbons (Fsp3) is 0.647. The maximum absolute atomic E-state index is 5.34. The zero-order valence-electron chi connectivity index (χ0n) is 11.9. The first-order valence-electron chi connectivity index (χ1n) is 7.46. The van der Waals surface area contributed by atoms with Gasteiger partial charge in [0.2, 0.25) is 0 Å². The van der Waals surface area contributed by atoms with Gasteiger partial charge in [-0.25, -0.2) is 0 Å². The van der Waals surface area contributed by atoms with Crippen molar-refractivity contribution in [1.29, 1.82) is 0 Å². The Morgan fingerprint density at radius 3 is 2.74 bits per heavy atom. The zero-order valence-corrected chi connectivity index (χ0v) is 13.4. The number of rotatable bonds is 4. The van der Waals surface area contributed by atoms with E-state index in [9.17, 15) is 0 Å². The largest absolute Gasteiger partial charge is 0.496 e. The van der Waals surface area contributed by atoms with E-state index in [-0.39, 0.29) is 0 Å². The van der Waals surface area contributed by atoms with Crippen LogP contribution in [0.15, 0.2) is 18.2 Å². The predicted molar refractivity (Wildman–Crippen MR) is 83.0 cm³/mol. The van der Waals surface area contributed by atoms with Crippen molar-refractivity contribution in [3.05, 3.63) is 29.3 Å². The summed E-state index contributed by atoms with van der Waals surface area (Å²) >= 11 is 3.91. The van der Waals surface area contributed by atoms with E-state index < -0.39 is 0 Å². The summed E-state index contributed by atoms with van der Waals surface area (Å²) in [5, 5.41) is 0. The van der Waals surface area contributed by atoms with Crippen molar-refractivity contribution in [1.82, 2.24) is 0 Å². The fourth-order valence-electron chi connectivity index (χ4n) is 4.16. The zero-order chi connectivity index (χ0) is 13.4. The second kappa shape index (κ2) is 5.47. The molecule has 3 rings (SSSR count). The maximum atomic E-state index is 5.34. The molecule has 4 atom stereocenters. The van der Waals surface area contributed by atoms with E-state index >= 15 is 0 Å². The van der Waals surface area contributed by atoms with Crippen LogP contribution in [0.5, 0.6) is 5.75 Å². The van der Waals surface area contributed by atoms with Crippen molar-refractivity contribution in [3.63, 3.8) is 0 Å². The van der Waals surface area contributed by atoms with Gasteiger partial charge in [0.15, 0.2) is 0 Å². The van der Waals surface area contributed by atoms with Crippen molar-refractivity contribution < 1.29 is 4.74 Å². The quantitative estimate of drug-likeness (QED) is 0.686. The summed E-state index contributed by atoms with van der Waals surface area (Å²) in [6, 6.07) is 6.57. The smallest absolute Gasteiger partial charge is 0.121 e. The minimum absolute atomic E-state index is 0.501. The predicted octanol–water partition coefficient (Wildman–Crippen LogP) is 5.27. The molecular weight excluding hydrogens is 300 g/mol. The molecule has 0 saturated heterocycles. The Labute approximate surface area is 124 Å². The van der Waals surface area contributed by atoms with Gasteiger partial charge in [0, 0.05) is 4.83 Å². The Morgan fingerprint density at radius 1 is 1.32 bits per heavy atom. The first-order valence-corrected chi connectivity index (χ1v) is 8.37. The topological polar surface area (TPSA) is 9.23 Å². The molecule has 2 heteroatoms. The Morgan fingerprint density at radius 2 is 2.16 bits per heavy atom. The number of fused-ring (bicyclic) bond motifs is 2. The normalized spacial score (nSPS) is 30.6. The monoisotopic (exact) mass is 322 g/mol. The van der Waals surface area contributed by atoms with E-state index in [0.29, 0.717) is 4.83 Å². The van der Waals surface area contributed by atoms with Crippen LogP contribution in [0.25, 0.3) is 0 Å². The third-order valence-electron chi connectivity index (χ3n) is 5.17. The van der Waals surface area contributed by atoms with Gasteiger partial charge in [0.25, 0.3) is 0 Å². The molecule has 0 heterocycles. The van der Waals surface area contributed by atoms with Crippen molar-refractivity contribution in [3.8, 4) is 5.75 Å². The van der Waals surface area contributed by atoms with Gasteiger partial charge in [-0.2, -0.15) is 0 Å². The number of ether oxygens (including phenoxy) is 1. The van der Waals surface area contributed by atoms with Gasteiger partial charge in [-0.1, -0.05) is 34.5 Å². The van der Waals surface area contributed by atoms with Crippen LogP contribution in [-0.4, -0.2) is 7.11 Å². The summed E-state index contributed by atoms with van der Waals surface area (Å²) in [7, 11) is 1.74. The van der Waals surface area contributed by atoms with Crippen LogP contribution in [0.4, 0.5) is 0 Å². The lowest BCUT2D eigenvalue weighted by atomic mass is 9.84. The van der Waals surface area contributed by atoms with Crippen LogP contribution in [0.3, 0.4) is 0 Å². The Bertz CT molecular complexity index is 457. The SMILES string of the molecule is COc1ccc(C(Br)CC2CC3CCC2C3)cc1C. The summed E-state index contributed by atoms with van der Waals surface area (Å²) < 4.78 is 5.34. The maximum Gasteiger partial charge on any atom is 0.121 e. The third kappa shape index (κ3) is 2.69. The standard InChI is InChI=1S/C17H23BrO/c1-11-7-14(5-6-17(11)19-2)16(18)10-15-9-12-3-4-13(15)8-12/h5-7,12-13,15-16H,3-4,8-10H2,1-2H3. The molecule has 0 spiro atoms. The molecule has 0 aromatic heterocycles. The summed E-state index contributed by atoms with van der Waals surface area (Å²) in [6.07, 6.45) is 7.26. The van der Waals surface area contributed by atoms with Gasteiger partial charge in [0.05, 0.1) is 7.11 Å². The number of hydrogen-bond donors (Lipinski definition) is 0. The highest BCUT2D eigenvalue weighted by molar-refractivity contribution is 9.09. The second-order valence-electron chi connectivity index (χ2n) is 6.37. The highest BCUT2D eigenvalue weighted by Gasteiger charge is 2.39.